The van der Waals surface area contributed by atoms with Gasteiger partial charge in [-0.3, -0.25) is 0 Å². The van der Waals surface area contributed by atoms with E-state index >= 15 is 0 Å². The first-order valence-corrected chi connectivity index (χ1v) is 20.1. The monoisotopic (exact) mass is 740 g/mol. The Morgan fingerprint density at radius 2 is 1.17 bits per heavy atom. The fraction of sp³-hybridized carbons (Fsp3) is 0.0357. The van der Waals surface area contributed by atoms with Crippen LogP contribution in [-0.2, 0) is 5.41 Å². The van der Waals surface area contributed by atoms with Crippen molar-refractivity contribution in [3.8, 4) is 22.5 Å². The van der Waals surface area contributed by atoms with Crippen molar-refractivity contribution in [3.05, 3.63) is 247 Å². The van der Waals surface area contributed by atoms with E-state index < -0.39 is 5.41 Å². The fourth-order valence-electron chi connectivity index (χ4n) is 9.94. The summed E-state index contributed by atoms with van der Waals surface area (Å²) in [6.07, 6.45) is 8.66. The van der Waals surface area contributed by atoms with Crippen LogP contribution in [0.3, 0.4) is 0 Å². The van der Waals surface area contributed by atoms with Crippen molar-refractivity contribution in [2.24, 2.45) is 0 Å². The van der Waals surface area contributed by atoms with Gasteiger partial charge in [-0.2, -0.15) is 0 Å². The molecular formula is C56H40N2. The molecular weight excluding hydrogens is 701 g/mol. The molecule has 0 aliphatic heterocycles. The number of rotatable bonds is 7. The summed E-state index contributed by atoms with van der Waals surface area (Å²) in [5, 5.41) is 6.15. The highest BCUT2D eigenvalue weighted by atomic mass is 15.0. The van der Waals surface area contributed by atoms with Crippen LogP contribution in [0.4, 0.5) is 0 Å². The third-order valence-electron chi connectivity index (χ3n) is 12.3. The Balaban J connectivity index is 1.18. The molecule has 2 heterocycles. The predicted octanol–water partition coefficient (Wildman–Crippen LogP) is 14.4. The molecule has 274 valence electrons. The van der Waals surface area contributed by atoms with E-state index in [1.807, 2.05) is 0 Å². The van der Waals surface area contributed by atoms with Gasteiger partial charge in [-0.25, -0.2) is 0 Å². The van der Waals surface area contributed by atoms with Gasteiger partial charge in [-0.1, -0.05) is 158 Å². The number of allylic oxidation sites excluding steroid dienone is 5. The number of para-hydroxylation sites is 2. The Morgan fingerprint density at radius 1 is 0.517 bits per heavy atom. The Kier molecular flexibility index (Phi) is 7.80. The minimum absolute atomic E-state index is 0.559. The van der Waals surface area contributed by atoms with Crippen molar-refractivity contribution in [1.29, 1.82) is 0 Å². The lowest BCUT2D eigenvalue weighted by Crippen LogP contribution is -2.29. The topological polar surface area (TPSA) is 9.86 Å². The molecule has 0 atom stereocenters. The lowest BCUT2D eigenvalue weighted by Gasteiger charge is -2.35. The summed E-state index contributed by atoms with van der Waals surface area (Å²) >= 11 is 0. The van der Waals surface area contributed by atoms with Crippen LogP contribution < -0.4 is 0 Å². The second-order valence-electron chi connectivity index (χ2n) is 15.3. The van der Waals surface area contributed by atoms with E-state index in [0.717, 1.165) is 11.4 Å². The van der Waals surface area contributed by atoms with Crippen molar-refractivity contribution < 1.29 is 0 Å². The van der Waals surface area contributed by atoms with Crippen molar-refractivity contribution >= 4 is 49.1 Å². The summed E-state index contributed by atoms with van der Waals surface area (Å²) in [7, 11) is 0. The van der Waals surface area contributed by atoms with Crippen LogP contribution in [0.25, 0.3) is 71.6 Å². The number of aromatic nitrogens is 2. The first-order chi connectivity index (χ1) is 28.7. The molecule has 1 aliphatic carbocycles. The largest absolute Gasteiger partial charge is 0.317 e. The average molecular weight is 741 g/mol. The molecule has 8 aromatic carbocycles. The summed E-state index contributed by atoms with van der Waals surface area (Å²) in [5.41, 5.74) is 15.1. The van der Waals surface area contributed by atoms with Crippen molar-refractivity contribution in [2.45, 2.75) is 12.3 Å². The highest BCUT2D eigenvalue weighted by Gasteiger charge is 2.46. The molecule has 10 aromatic rings. The predicted molar refractivity (Wildman–Crippen MR) is 245 cm³/mol. The lowest BCUT2D eigenvalue weighted by atomic mass is 9.67. The molecule has 0 saturated heterocycles. The summed E-state index contributed by atoms with van der Waals surface area (Å²) in [5.74, 6) is 0. The summed E-state index contributed by atoms with van der Waals surface area (Å²) in [6, 6.07) is 69.0. The molecule has 1 aliphatic rings. The summed E-state index contributed by atoms with van der Waals surface area (Å²) < 4.78 is 4.77. The van der Waals surface area contributed by atoms with Gasteiger partial charge in [0.05, 0.1) is 22.0 Å². The molecule has 0 N–H and O–H groups in total. The smallest absolute Gasteiger partial charge is 0.0714 e. The van der Waals surface area contributed by atoms with Crippen molar-refractivity contribution in [1.82, 2.24) is 9.13 Å². The molecule has 2 nitrogen and oxygen atoms in total. The molecule has 0 fully saturated rings. The highest BCUT2D eigenvalue weighted by molar-refractivity contribution is 6.22. The van der Waals surface area contributed by atoms with Crippen molar-refractivity contribution in [2.75, 3.05) is 0 Å². The van der Waals surface area contributed by atoms with Gasteiger partial charge in [-0.05, 0) is 111 Å². The van der Waals surface area contributed by atoms with Crippen LogP contribution in [0, 0.1) is 0 Å². The molecule has 0 radical (unpaired) electrons. The third kappa shape index (κ3) is 4.85. The average Bonchev–Trinajstić information content (AvgIpc) is 3.95. The molecule has 0 saturated carbocycles. The van der Waals surface area contributed by atoms with Gasteiger partial charge in [0.1, 0.15) is 0 Å². The fourth-order valence-corrected chi connectivity index (χ4v) is 9.94. The SMILES string of the molecule is C=CC1=C(/C=C\C)c2ccc(-n3c4ccccc4c4cc(-c5ccc6c(ccn6-c6ccccc6)c5)c5ccccc5c43)cc2C1(c1ccccc1)c1ccccc1. The number of nitrogens with zero attached hydrogens (tertiary/aromatic N) is 2. The van der Waals surface area contributed by atoms with Crippen molar-refractivity contribution in [3.63, 3.8) is 0 Å². The van der Waals surface area contributed by atoms with Crippen LogP contribution in [0.5, 0.6) is 0 Å². The first kappa shape index (κ1) is 33.9. The minimum Gasteiger partial charge on any atom is -0.317 e. The maximum absolute atomic E-state index is 4.46. The molecule has 2 aromatic heterocycles. The number of benzene rings is 8. The number of fused-ring (bicyclic) bond motifs is 7. The zero-order valence-corrected chi connectivity index (χ0v) is 32.3. The van der Waals surface area contributed by atoms with Gasteiger partial charge in [0, 0.05) is 39.1 Å². The zero-order chi connectivity index (χ0) is 38.8. The highest BCUT2D eigenvalue weighted by Crippen LogP contribution is 2.56. The molecule has 0 unspecified atom stereocenters. The molecule has 0 bridgehead atoms. The quantitative estimate of drug-likeness (QED) is 0.154. The maximum atomic E-state index is 4.46. The van der Waals surface area contributed by atoms with E-state index in [0.29, 0.717) is 0 Å². The molecule has 11 rings (SSSR count). The number of hydrogen-bond donors (Lipinski definition) is 0. The van der Waals surface area contributed by atoms with E-state index in [1.165, 1.54) is 88.0 Å². The van der Waals surface area contributed by atoms with E-state index in [-0.39, 0.29) is 0 Å². The van der Waals surface area contributed by atoms with Gasteiger partial charge < -0.3 is 9.13 Å². The minimum atomic E-state index is -0.559. The standard InChI is InChI=1S/C56H40N2/c1-3-18-45-46-31-30-43(36-52(46)56(51(45)4-2,40-19-8-5-9-20-40)41-21-10-6-11-22-41)58-54-28-17-16-26-47(54)50-37-49(44-25-14-15-27-48(44)55(50)58)38-29-32-53-39(35-38)33-34-57(53)42-23-12-7-13-24-42/h3-37H,2H2,1H3/b18-3-. The molecule has 0 spiro atoms. The lowest BCUT2D eigenvalue weighted by molar-refractivity contribution is 0.761. The van der Waals surface area contributed by atoms with E-state index in [9.17, 15) is 0 Å². The van der Waals surface area contributed by atoms with E-state index in [1.54, 1.807) is 0 Å². The molecule has 58 heavy (non-hydrogen) atoms. The number of hydrogen-bond acceptors (Lipinski definition) is 0. The summed E-state index contributed by atoms with van der Waals surface area (Å²) in [6.45, 7) is 6.56. The van der Waals surface area contributed by atoms with Crippen LogP contribution in [0.15, 0.2) is 225 Å². The van der Waals surface area contributed by atoms with Gasteiger partial charge in [0.15, 0.2) is 0 Å². The first-order valence-electron chi connectivity index (χ1n) is 20.1. The van der Waals surface area contributed by atoms with Gasteiger partial charge >= 0.3 is 0 Å². The van der Waals surface area contributed by atoms with Crippen LogP contribution in [0.1, 0.15) is 29.2 Å². The molecule has 2 heteroatoms. The Hall–Kier alpha value is -7.42. The Morgan fingerprint density at radius 3 is 1.88 bits per heavy atom. The Bertz CT molecular complexity index is 3240. The maximum Gasteiger partial charge on any atom is 0.0714 e. The second-order valence-corrected chi connectivity index (χ2v) is 15.3. The van der Waals surface area contributed by atoms with Crippen LogP contribution in [-0.4, -0.2) is 9.13 Å². The third-order valence-corrected chi connectivity index (χ3v) is 12.3. The van der Waals surface area contributed by atoms with E-state index in [2.05, 4.69) is 235 Å². The van der Waals surface area contributed by atoms with Gasteiger partial charge in [0.25, 0.3) is 0 Å². The normalized spacial score (nSPS) is 13.7. The van der Waals surface area contributed by atoms with Crippen LogP contribution >= 0.6 is 0 Å². The van der Waals surface area contributed by atoms with E-state index in [4.69, 9.17) is 0 Å². The van der Waals surface area contributed by atoms with Gasteiger partial charge in [-0.15, -0.1) is 0 Å². The molecule has 0 amide bonds. The van der Waals surface area contributed by atoms with Gasteiger partial charge in [0.2, 0.25) is 0 Å². The second kappa shape index (κ2) is 13.4. The van der Waals surface area contributed by atoms with Crippen LogP contribution in [0.2, 0.25) is 0 Å². The summed E-state index contributed by atoms with van der Waals surface area (Å²) in [4.78, 5) is 0. The Labute approximate surface area is 338 Å². The zero-order valence-electron chi connectivity index (χ0n) is 32.3.